The molecule has 1 atom stereocenters. The number of amides is 1. The molecule has 1 aromatic carbocycles. The number of nitrogens with zero attached hydrogens (tertiary/aromatic N) is 4. The summed E-state index contributed by atoms with van der Waals surface area (Å²) in [4.78, 5) is 12.9. The van der Waals surface area contributed by atoms with Crippen molar-refractivity contribution in [2.75, 3.05) is 18.4 Å². The molecule has 2 rings (SSSR count). The minimum atomic E-state index is -0.420. The maximum absolute atomic E-state index is 12.9. The molecule has 1 aliphatic rings. The number of rotatable bonds is 4. The Kier molecular flexibility index (Phi) is 5.43. The fraction of sp³-hybridized carbons (Fsp3) is 0.471. The number of hydrazine groups is 1. The summed E-state index contributed by atoms with van der Waals surface area (Å²) in [5.41, 5.74) is 1.37. The molecule has 0 aromatic heterocycles. The van der Waals surface area contributed by atoms with Gasteiger partial charge in [-0.25, -0.2) is 10.0 Å². The molecule has 1 N–H and O–H groups in total. The largest absolute Gasteiger partial charge is 0.373 e. The van der Waals surface area contributed by atoms with Crippen molar-refractivity contribution in [1.82, 2.24) is 10.0 Å². The first kappa shape index (κ1) is 16.6. The quantitative estimate of drug-likeness (QED) is 0.863. The van der Waals surface area contributed by atoms with Gasteiger partial charge in [0.25, 0.3) is 5.91 Å². The van der Waals surface area contributed by atoms with E-state index in [1.54, 1.807) is 29.3 Å². The monoisotopic (exact) mass is 311 g/mol. The standard InChI is InChI=1S/C17H21N5O/c1-13(2)16(20-15-7-5-14(11-18)6-8-15)17(23)22-10-4-3-9-21(22)12-19/h5-8,13,16,20H,3-4,9-10H2,1-2H3. The molecule has 1 amide bonds. The number of nitriles is 2. The van der Waals surface area contributed by atoms with Gasteiger partial charge in [-0.15, -0.1) is 0 Å². The Bertz CT molecular complexity index is 626. The third kappa shape index (κ3) is 3.92. The minimum absolute atomic E-state index is 0.0700. The molecule has 0 saturated carbocycles. The second-order valence-corrected chi connectivity index (χ2v) is 5.95. The van der Waals surface area contributed by atoms with Crippen LogP contribution < -0.4 is 5.32 Å². The zero-order valence-electron chi connectivity index (χ0n) is 13.5. The second-order valence-electron chi connectivity index (χ2n) is 5.95. The van der Waals surface area contributed by atoms with E-state index in [-0.39, 0.29) is 11.8 Å². The molecule has 1 heterocycles. The van der Waals surface area contributed by atoms with E-state index in [1.165, 1.54) is 5.01 Å². The summed E-state index contributed by atoms with van der Waals surface area (Å²) in [6, 6.07) is 8.67. The summed E-state index contributed by atoms with van der Waals surface area (Å²) < 4.78 is 0. The van der Waals surface area contributed by atoms with Gasteiger partial charge in [-0.2, -0.15) is 10.5 Å². The lowest BCUT2D eigenvalue weighted by Crippen LogP contribution is -2.54. The van der Waals surface area contributed by atoms with E-state index >= 15 is 0 Å². The van der Waals surface area contributed by atoms with Crippen molar-refractivity contribution in [3.63, 3.8) is 0 Å². The number of anilines is 1. The molecule has 120 valence electrons. The summed E-state index contributed by atoms with van der Waals surface area (Å²) in [5.74, 6) is -0.0220. The molecular formula is C17H21N5O. The first-order chi connectivity index (χ1) is 11.1. The Morgan fingerprint density at radius 2 is 1.83 bits per heavy atom. The van der Waals surface area contributed by atoms with E-state index in [1.807, 2.05) is 13.8 Å². The van der Waals surface area contributed by atoms with Crippen LogP contribution >= 0.6 is 0 Å². The van der Waals surface area contributed by atoms with Crippen LogP contribution in [0.15, 0.2) is 24.3 Å². The number of carbonyl (C=O) groups excluding carboxylic acids is 1. The van der Waals surface area contributed by atoms with E-state index in [2.05, 4.69) is 17.6 Å². The Hall–Kier alpha value is -2.73. The first-order valence-corrected chi connectivity index (χ1v) is 7.82. The van der Waals surface area contributed by atoms with Gasteiger partial charge in [0.05, 0.1) is 18.2 Å². The summed E-state index contributed by atoms with van der Waals surface area (Å²) in [6.07, 6.45) is 3.91. The van der Waals surface area contributed by atoms with Crippen molar-refractivity contribution in [3.8, 4) is 12.3 Å². The Morgan fingerprint density at radius 3 is 2.39 bits per heavy atom. The summed E-state index contributed by atoms with van der Waals surface area (Å²) >= 11 is 0. The maximum atomic E-state index is 12.9. The number of benzene rings is 1. The zero-order valence-corrected chi connectivity index (χ0v) is 13.5. The van der Waals surface area contributed by atoms with Crippen molar-refractivity contribution >= 4 is 11.6 Å². The van der Waals surface area contributed by atoms with Gasteiger partial charge in [-0.05, 0) is 43.0 Å². The predicted octanol–water partition coefficient (Wildman–Crippen LogP) is 2.32. The van der Waals surface area contributed by atoms with Crippen molar-refractivity contribution in [3.05, 3.63) is 29.8 Å². The van der Waals surface area contributed by atoms with Crippen molar-refractivity contribution in [2.45, 2.75) is 32.7 Å². The molecule has 0 radical (unpaired) electrons. The molecule has 0 aliphatic carbocycles. The Labute approximate surface area is 136 Å². The smallest absolute Gasteiger partial charge is 0.264 e. The molecule has 1 aliphatic heterocycles. The van der Waals surface area contributed by atoms with E-state index in [9.17, 15) is 10.1 Å². The van der Waals surface area contributed by atoms with E-state index in [0.29, 0.717) is 18.7 Å². The topological polar surface area (TPSA) is 83.2 Å². The molecule has 6 nitrogen and oxygen atoms in total. The van der Waals surface area contributed by atoms with E-state index in [0.717, 1.165) is 18.5 Å². The average molecular weight is 311 g/mol. The molecule has 1 saturated heterocycles. The predicted molar refractivity (Wildman–Crippen MR) is 86.7 cm³/mol. The summed E-state index contributed by atoms with van der Waals surface area (Å²) in [7, 11) is 0. The minimum Gasteiger partial charge on any atom is -0.373 e. The summed E-state index contributed by atoms with van der Waals surface area (Å²) in [6.45, 7) is 5.11. The normalized spacial score (nSPS) is 15.7. The van der Waals surface area contributed by atoms with Crippen LogP contribution in [-0.4, -0.2) is 35.1 Å². The average Bonchev–Trinajstić information content (AvgIpc) is 2.59. The fourth-order valence-electron chi connectivity index (χ4n) is 2.59. The SMILES string of the molecule is CC(C)C(Nc1ccc(C#N)cc1)C(=O)N1CCCCN1C#N. The highest BCUT2D eigenvalue weighted by molar-refractivity contribution is 5.84. The van der Waals surface area contributed by atoms with Gasteiger partial charge in [0, 0.05) is 12.2 Å². The van der Waals surface area contributed by atoms with Gasteiger partial charge < -0.3 is 5.32 Å². The first-order valence-electron chi connectivity index (χ1n) is 7.82. The molecule has 1 fully saturated rings. The maximum Gasteiger partial charge on any atom is 0.264 e. The van der Waals surface area contributed by atoms with E-state index < -0.39 is 6.04 Å². The lowest BCUT2D eigenvalue weighted by Gasteiger charge is -2.37. The van der Waals surface area contributed by atoms with Crippen LogP contribution in [0.1, 0.15) is 32.3 Å². The third-order valence-corrected chi connectivity index (χ3v) is 3.92. The zero-order chi connectivity index (χ0) is 16.8. The molecule has 23 heavy (non-hydrogen) atoms. The number of hydrogen-bond donors (Lipinski definition) is 1. The fourth-order valence-corrected chi connectivity index (χ4v) is 2.59. The second kappa shape index (κ2) is 7.51. The van der Waals surface area contributed by atoms with Crippen molar-refractivity contribution in [1.29, 1.82) is 10.5 Å². The number of carbonyl (C=O) groups is 1. The van der Waals surface area contributed by atoms with Gasteiger partial charge >= 0.3 is 0 Å². The molecule has 0 spiro atoms. The molecular weight excluding hydrogens is 290 g/mol. The van der Waals surface area contributed by atoms with Crippen LogP contribution in [0.4, 0.5) is 5.69 Å². The lowest BCUT2D eigenvalue weighted by atomic mass is 10.0. The molecule has 1 unspecified atom stereocenters. The van der Waals surface area contributed by atoms with E-state index in [4.69, 9.17) is 5.26 Å². The van der Waals surface area contributed by atoms with Crippen LogP contribution in [0.5, 0.6) is 0 Å². The summed E-state index contributed by atoms with van der Waals surface area (Å²) in [5, 5.41) is 24.3. The van der Waals surface area contributed by atoms with Crippen molar-refractivity contribution < 1.29 is 4.79 Å². The van der Waals surface area contributed by atoms with Gasteiger partial charge in [0.15, 0.2) is 6.19 Å². The highest BCUT2D eigenvalue weighted by atomic mass is 16.2. The van der Waals surface area contributed by atoms with Gasteiger partial charge in [-0.3, -0.25) is 4.79 Å². The third-order valence-electron chi connectivity index (χ3n) is 3.92. The number of nitrogens with one attached hydrogen (secondary N) is 1. The van der Waals surface area contributed by atoms with Gasteiger partial charge in [0.2, 0.25) is 0 Å². The Morgan fingerprint density at radius 1 is 1.17 bits per heavy atom. The van der Waals surface area contributed by atoms with Crippen molar-refractivity contribution in [2.24, 2.45) is 5.92 Å². The van der Waals surface area contributed by atoms with Crippen LogP contribution in [0.3, 0.4) is 0 Å². The lowest BCUT2D eigenvalue weighted by molar-refractivity contribution is -0.148. The highest BCUT2D eigenvalue weighted by Crippen LogP contribution is 2.19. The highest BCUT2D eigenvalue weighted by Gasteiger charge is 2.31. The van der Waals surface area contributed by atoms with Crippen LogP contribution in [0, 0.1) is 28.7 Å². The van der Waals surface area contributed by atoms with Crippen LogP contribution in [0.25, 0.3) is 0 Å². The van der Waals surface area contributed by atoms with Crippen LogP contribution in [-0.2, 0) is 4.79 Å². The number of hydrogen-bond acceptors (Lipinski definition) is 5. The van der Waals surface area contributed by atoms with Gasteiger partial charge in [0.1, 0.15) is 6.04 Å². The Balaban J connectivity index is 2.15. The molecule has 6 heteroatoms. The van der Waals surface area contributed by atoms with Crippen LogP contribution in [0.2, 0.25) is 0 Å². The molecule has 0 bridgehead atoms. The molecule has 1 aromatic rings. The van der Waals surface area contributed by atoms with Gasteiger partial charge in [-0.1, -0.05) is 13.8 Å².